The average molecular weight is 236 g/mol. The van der Waals surface area contributed by atoms with Crippen LogP contribution in [0.1, 0.15) is 0 Å². The van der Waals surface area contributed by atoms with Gasteiger partial charge in [-0.2, -0.15) is 4.37 Å². The van der Waals surface area contributed by atoms with Gasteiger partial charge in [0.1, 0.15) is 10.8 Å². The summed E-state index contributed by atoms with van der Waals surface area (Å²) in [6.45, 7) is 0.555. The number of hydrogen-bond donors (Lipinski definition) is 3. The number of nitrogens with two attached hydrogens (primary N) is 1. The van der Waals surface area contributed by atoms with Crippen molar-refractivity contribution in [1.82, 2.24) is 9.36 Å². The number of pyridine rings is 1. The molecular weight excluding hydrogens is 224 g/mol. The number of aliphatic hydroxyl groups excluding tert-OH is 1. The number of aromatic nitrogens is 2. The molecule has 0 bridgehead atoms. The lowest BCUT2D eigenvalue weighted by atomic mass is 10.1. The van der Waals surface area contributed by atoms with E-state index >= 15 is 0 Å². The van der Waals surface area contributed by atoms with Crippen molar-refractivity contribution in [1.29, 1.82) is 0 Å². The van der Waals surface area contributed by atoms with E-state index in [1.54, 1.807) is 12.4 Å². The molecule has 16 heavy (non-hydrogen) atoms. The lowest BCUT2D eigenvalue weighted by Gasteiger charge is -2.05. The first-order valence-electron chi connectivity index (χ1n) is 4.83. The predicted molar refractivity (Wildman–Crippen MR) is 65.3 cm³/mol. The van der Waals surface area contributed by atoms with Crippen LogP contribution in [0.25, 0.3) is 11.1 Å². The summed E-state index contributed by atoms with van der Waals surface area (Å²) in [5.41, 5.74) is 7.59. The van der Waals surface area contributed by atoms with Crippen molar-refractivity contribution >= 4 is 22.4 Å². The quantitative estimate of drug-likeness (QED) is 0.742. The summed E-state index contributed by atoms with van der Waals surface area (Å²) in [5.74, 6) is 0.485. The Hall–Kier alpha value is -1.66. The number of hydrogen-bond acceptors (Lipinski definition) is 6. The van der Waals surface area contributed by atoms with Crippen LogP contribution < -0.4 is 11.1 Å². The minimum absolute atomic E-state index is 0.0737. The second-order valence-electron chi connectivity index (χ2n) is 3.16. The highest BCUT2D eigenvalue weighted by atomic mass is 32.1. The maximum atomic E-state index is 8.77. The van der Waals surface area contributed by atoms with Gasteiger partial charge in [0.2, 0.25) is 0 Å². The second-order valence-corrected chi connectivity index (χ2v) is 3.94. The standard InChI is InChI=1S/C10H12N4OS/c11-9-8(7-2-1-3-12-6-7)10(16-14-9)13-4-5-15/h1-3,6,13,15H,4-5H2,(H2,11,14). The first-order chi connectivity index (χ1) is 7.83. The SMILES string of the molecule is Nc1nsc(NCCO)c1-c1cccnc1. The van der Waals surface area contributed by atoms with Crippen LogP contribution in [0.2, 0.25) is 0 Å². The van der Waals surface area contributed by atoms with Crippen LogP contribution in [0.15, 0.2) is 24.5 Å². The van der Waals surface area contributed by atoms with E-state index in [9.17, 15) is 0 Å². The number of rotatable bonds is 4. The maximum Gasteiger partial charge on any atom is 0.147 e. The molecule has 0 atom stereocenters. The summed E-state index contributed by atoms with van der Waals surface area (Å²) < 4.78 is 4.09. The van der Waals surface area contributed by atoms with E-state index in [4.69, 9.17) is 10.8 Å². The summed E-state index contributed by atoms with van der Waals surface area (Å²) in [6.07, 6.45) is 3.45. The van der Waals surface area contributed by atoms with Crippen LogP contribution >= 0.6 is 11.5 Å². The molecule has 2 aromatic rings. The van der Waals surface area contributed by atoms with Crippen LogP contribution in [-0.4, -0.2) is 27.6 Å². The van der Waals surface area contributed by atoms with Gasteiger partial charge in [0.25, 0.3) is 0 Å². The van der Waals surface area contributed by atoms with Crippen LogP contribution in [-0.2, 0) is 0 Å². The Labute approximate surface area is 97.1 Å². The summed E-state index contributed by atoms with van der Waals surface area (Å²) in [7, 11) is 0. The van der Waals surface area contributed by atoms with Gasteiger partial charge in [-0.05, 0) is 17.6 Å². The zero-order valence-corrected chi connectivity index (χ0v) is 9.37. The number of nitrogen functional groups attached to an aromatic ring is 1. The fourth-order valence-corrected chi connectivity index (χ4v) is 2.14. The summed E-state index contributed by atoms with van der Waals surface area (Å²) in [5, 5.41) is 12.7. The van der Waals surface area contributed by atoms with Crippen LogP contribution in [0.5, 0.6) is 0 Å². The third kappa shape index (κ3) is 2.12. The molecule has 0 aliphatic rings. The lowest BCUT2D eigenvalue weighted by Crippen LogP contribution is -2.05. The van der Waals surface area contributed by atoms with Gasteiger partial charge in [-0.25, -0.2) is 0 Å². The summed E-state index contributed by atoms with van der Waals surface area (Å²) in [6, 6.07) is 3.78. The zero-order chi connectivity index (χ0) is 11.4. The molecular formula is C10H12N4OS. The summed E-state index contributed by atoms with van der Waals surface area (Å²) in [4.78, 5) is 4.05. The van der Waals surface area contributed by atoms with Crippen molar-refractivity contribution in [2.45, 2.75) is 0 Å². The number of aliphatic hydroxyl groups is 1. The molecule has 4 N–H and O–H groups in total. The van der Waals surface area contributed by atoms with Gasteiger partial charge < -0.3 is 16.2 Å². The Morgan fingerprint density at radius 1 is 1.50 bits per heavy atom. The second kappa shape index (κ2) is 4.91. The average Bonchev–Trinajstić information content (AvgIpc) is 2.69. The predicted octanol–water partition coefficient (Wildman–Crippen LogP) is 1.19. The van der Waals surface area contributed by atoms with Gasteiger partial charge in [-0.15, -0.1) is 0 Å². The zero-order valence-electron chi connectivity index (χ0n) is 8.55. The monoisotopic (exact) mass is 236 g/mol. The smallest absolute Gasteiger partial charge is 0.147 e. The molecule has 5 nitrogen and oxygen atoms in total. The maximum absolute atomic E-state index is 8.77. The van der Waals surface area contributed by atoms with E-state index in [-0.39, 0.29) is 6.61 Å². The Morgan fingerprint density at radius 3 is 3.06 bits per heavy atom. The molecule has 2 aromatic heterocycles. The van der Waals surface area contributed by atoms with Crippen molar-refractivity contribution in [2.75, 3.05) is 24.2 Å². The van der Waals surface area contributed by atoms with Gasteiger partial charge in [0.15, 0.2) is 0 Å². The Kier molecular flexibility index (Phi) is 3.33. The van der Waals surface area contributed by atoms with Crippen molar-refractivity contribution in [3.63, 3.8) is 0 Å². The van der Waals surface area contributed by atoms with Crippen molar-refractivity contribution in [3.05, 3.63) is 24.5 Å². The van der Waals surface area contributed by atoms with Crippen molar-refractivity contribution < 1.29 is 5.11 Å². The molecule has 2 heterocycles. The van der Waals surface area contributed by atoms with E-state index in [0.29, 0.717) is 12.4 Å². The Bertz CT molecular complexity index is 457. The van der Waals surface area contributed by atoms with E-state index < -0.39 is 0 Å². The fraction of sp³-hybridized carbons (Fsp3) is 0.200. The first kappa shape index (κ1) is 10.8. The minimum atomic E-state index is 0.0737. The topological polar surface area (TPSA) is 84.1 Å². The number of nitrogens with one attached hydrogen (secondary N) is 1. The molecule has 0 saturated carbocycles. The molecule has 84 valence electrons. The molecule has 0 spiro atoms. The van der Waals surface area contributed by atoms with Crippen LogP contribution in [0, 0.1) is 0 Å². The molecule has 6 heteroatoms. The fourth-order valence-electron chi connectivity index (χ4n) is 1.38. The molecule has 0 fully saturated rings. The molecule has 0 aliphatic carbocycles. The highest BCUT2D eigenvalue weighted by molar-refractivity contribution is 7.11. The normalized spacial score (nSPS) is 10.3. The highest BCUT2D eigenvalue weighted by Crippen LogP contribution is 2.35. The third-order valence-corrected chi connectivity index (χ3v) is 2.89. The largest absolute Gasteiger partial charge is 0.395 e. The molecule has 0 amide bonds. The van der Waals surface area contributed by atoms with Gasteiger partial charge in [0.05, 0.1) is 12.2 Å². The van der Waals surface area contributed by atoms with E-state index in [0.717, 1.165) is 16.1 Å². The van der Waals surface area contributed by atoms with Gasteiger partial charge >= 0.3 is 0 Å². The van der Waals surface area contributed by atoms with E-state index in [1.165, 1.54) is 11.5 Å². The van der Waals surface area contributed by atoms with Crippen LogP contribution in [0.4, 0.5) is 10.8 Å². The minimum Gasteiger partial charge on any atom is -0.395 e. The van der Waals surface area contributed by atoms with Gasteiger partial charge in [-0.1, -0.05) is 6.07 Å². The summed E-state index contributed by atoms with van der Waals surface area (Å²) >= 11 is 1.29. The number of anilines is 2. The molecule has 0 aliphatic heterocycles. The highest BCUT2D eigenvalue weighted by Gasteiger charge is 2.12. The van der Waals surface area contributed by atoms with Gasteiger partial charge in [0, 0.05) is 24.5 Å². The molecule has 0 unspecified atom stereocenters. The first-order valence-corrected chi connectivity index (χ1v) is 5.60. The Morgan fingerprint density at radius 2 is 2.38 bits per heavy atom. The van der Waals surface area contributed by atoms with E-state index in [1.807, 2.05) is 12.1 Å². The molecule has 2 rings (SSSR count). The number of nitrogens with zero attached hydrogens (tertiary/aromatic N) is 2. The molecule has 0 radical (unpaired) electrons. The Balaban J connectivity index is 2.35. The third-order valence-electron chi connectivity index (χ3n) is 2.07. The van der Waals surface area contributed by atoms with Crippen LogP contribution in [0.3, 0.4) is 0 Å². The van der Waals surface area contributed by atoms with E-state index in [2.05, 4.69) is 14.7 Å². The van der Waals surface area contributed by atoms with Crippen molar-refractivity contribution in [2.24, 2.45) is 0 Å². The van der Waals surface area contributed by atoms with Gasteiger partial charge in [-0.3, -0.25) is 4.98 Å². The molecule has 0 saturated heterocycles. The molecule has 0 aromatic carbocycles. The lowest BCUT2D eigenvalue weighted by molar-refractivity contribution is 0.311. The van der Waals surface area contributed by atoms with Crippen molar-refractivity contribution in [3.8, 4) is 11.1 Å².